The highest BCUT2D eigenvalue weighted by atomic mass is 16.5. The summed E-state index contributed by atoms with van der Waals surface area (Å²) < 4.78 is 5.63. The Kier molecular flexibility index (Phi) is 4.29. The maximum absolute atomic E-state index is 12.7. The van der Waals surface area contributed by atoms with Crippen molar-refractivity contribution in [3.63, 3.8) is 0 Å². The van der Waals surface area contributed by atoms with E-state index in [-0.39, 0.29) is 5.91 Å². The molecular weight excluding hydrogens is 302 g/mol. The number of nitrogens with one attached hydrogen (secondary N) is 1. The molecule has 1 aliphatic carbocycles. The van der Waals surface area contributed by atoms with Crippen LogP contribution in [0.2, 0.25) is 0 Å². The Hall–Kier alpha value is -1.85. The van der Waals surface area contributed by atoms with Gasteiger partial charge in [0, 0.05) is 50.7 Å². The van der Waals surface area contributed by atoms with Crippen LogP contribution in [0.1, 0.15) is 23.3 Å². The van der Waals surface area contributed by atoms with Crippen molar-refractivity contribution < 1.29 is 9.53 Å². The lowest BCUT2D eigenvalue weighted by atomic mass is 10.2. The SMILES string of the molecule is COC(CN1CCN(C(=O)c2cc3ccccc3[nH]2)CC1)C1CC1. The fraction of sp³-hybridized carbons (Fsp3) is 0.526. The molecule has 1 amide bonds. The van der Waals surface area contributed by atoms with Gasteiger partial charge >= 0.3 is 0 Å². The molecule has 2 heterocycles. The zero-order valence-corrected chi connectivity index (χ0v) is 14.2. The van der Waals surface area contributed by atoms with E-state index >= 15 is 0 Å². The van der Waals surface area contributed by atoms with Gasteiger partial charge in [0.05, 0.1) is 6.10 Å². The Morgan fingerprint density at radius 2 is 2.00 bits per heavy atom. The Bertz CT molecular complexity index is 681. The van der Waals surface area contributed by atoms with Crippen molar-refractivity contribution in [3.8, 4) is 0 Å². The minimum Gasteiger partial charge on any atom is -0.380 e. The Balaban J connectivity index is 1.35. The van der Waals surface area contributed by atoms with E-state index in [2.05, 4.69) is 9.88 Å². The maximum Gasteiger partial charge on any atom is 0.270 e. The molecule has 2 aromatic rings. The molecule has 0 bridgehead atoms. The second kappa shape index (κ2) is 6.57. The van der Waals surface area contributed by atoms with Gasteiger partial charge in [-0.1, -0.05) is 18.2 Å². The molecule has 1 N–H and O–H groups in total. The summed E-state index contributed by atoms with van der Waals surface area (Å²) in [7, 11) is 1.82. The predicted molar refractivity (Wildman–Crippen MR) is 94.2 cm³/mol. The number of aromatic nitrogens is 1. The number of hydrogen-bond donors (Lipinski definition) is 1. The molecule has 128 valence electrons. The van der Waals surface area contributed by atoms with Crippen LogP contribution in [0.15, 0.2) is 30.3 Å². The molecule has 5 heteroatoms. The van der Waals surface area contributed by atoms with E-state index in [1.54, 1.807) is 0 Å². The summed E-state index contributed by atoms with van der Waals surface area (Å²) in [6.07, 6.45) is 2.97. The van der Waals surface area contributed by atoms with Crippen molar-refractivity contribution in [1.29, 1.82) is 0 Å². The van der Waals surface area contributed by atoms with E-state index in [1.807, 2.05) is 42.3 Å². The number of nitrogens with zero attached hydrogens (tertiary/aromatic N) is 2. The molecule has 4 rings (SSSR count). The molecular formula is C19H25N3O2. The van der Waals surface area contributed by atoms with Crippen LogP contribution in [-0.2, 0) is 4.74 Å². The second-order valence-electron chi connectivity index (χ2n) is 6.97. The third-order valence-corrected chi connectivity index (χ3v) is 5.31. The van der Waals surface area contributed by atoms with Crippen LogP contribution < -0.4 is 0 Å². The average molecular weight is 327 g/mol. The summed E-state index contributed by atoms with van der Waals surface area (Å²) in [5.74, 6) is 0.859. The fourth-order valence-electron chi connectivity index (χ4n) is 3.63. The minimum absolute atomic E-state index is 0.108. The monoisotopic (exact) mass is 327 g/mol. The third kappa shape index (κ3) is 3.19. The molecule has 1 aromatic carbocycles. The molecule has 1 unspecified atom stereocenters. The zero-order valence-electron chi connectivity index (χ0n) is 14.2. The predicted octanol–water partition coefficient (Wildman–Crippen LogP) is 2.35. The number of carbonyl (C=O) groups excluding carboxylic acids is 1. The number of carbonyl (C=O) groups is 1. The number of hydrogen-bond acceptors (Lipinski definition) is 3. The van der Waals surface area contributed by atoms with E-state index in [0.29, 0.717) is 11.8 Å². The van der Waals surface area contributed by atoms with E-state index in [0.717, 1.165) is 49.5 Å². The first-order chi connectivity index (χ1) is 11.7. The first-order valence-electron chi connectivity index (χ1n) is 8.87. The lowest BCUT2D eigenvalue weighted by molar-refractivity contribution is 0.0287. The number of fused-ring (bicyclic) bond motifs is 1. The highest BCUT2D eigenvalue weighted by molar-refractivity contribution is 5.98. The second-order valence-corrected chi connectivity index (χ2v) is 6.97. The number of para-hydroxylation sites is 1. The van der Waals surface area contributed by atoms with Crippen LogP contribution in [0.5, 0.6) is 0 Å². The number of rotatable bonds is 5. The van der Waals surface area contributed by atoms with Crippen LogP contribution in [0.3, 0.4) is 0 Å². The van der Waals surface area contributed by atoms with Crippen LogP contribution in [0, 0.1) is 5.92 Å². The molecule has 1 saturated carbocycles. The van der Waals surface area contributed by atoms with Crippen LogP contribution in [-0.4, -0.2) is 66.6 Å². The molecule has 5 nitrogen and oxygen atoms in total. The van der Waals surface area contributed by atoms with Gasteiger partial charge in [-0.3, -0.25) is 9.69 Å². The van der Waals surface area contributed by atoms with Gasteiger partial charge in [0.1, 0.15) is 5.69 Å². The molecule has 1 aliphatic heterocycles. The van der Waals surface area contributed by atoms with Crippen LogP contribution >= 0.6 is 0 Å². The smallest absolute Gasteiger partial charge is 0.270 e. The van der Waals surface area contributed by atoms with E-state index < -0.39 is 0 Å². The molecule has 1 saturated heterocycles. The molecule has 1 atom stereocenters. The summed E-state index contributed by atoms with van der Waals surface area (Å²) in [5.41, 5.74) is 1.71. The van der Waals surface area contributed by atoms with E-state index in [4.69, 9.17) is 4.74 Å². The lowest BCUT2D eigenvalue weighted by Gasteiger charge is -2.36. The maximum atomic E-state index is 12.7. The van der Waals surface area contributed by atoms with Crippen molar-refractivity contribution in [3.05, 3.63) is 36.0 Å². The van der Waals surface area contributed by atoms with Crippen molar-refractivity contribution in [2.75, 3.05) is 39.8 Å². The van der Waals surface area contributed by atoms with Crippen molar-refractivity contribution in [2.24, 2.45) is 5.92 Å². The summed E-state index contributed by atoms with van der Waals surface area (Å²) in [4.78, 5) is 20.4. The van der Waals surface area contributed by atoms with Gasteiger partial charge in [-0.15, -0.1) is 0 Å². The quantitative estimate of drug-likeness (QED) is 0.917. The highest BCUT2D eigenvalue weighted by Gasteiger charge is 2.33. The number of ether oxygens (including phenoxy) is 1. The number of aromatic amines is 1. The normalized spacial score (nSPS) is 20.5. The molecule has 24 heavy (non-hydrogen) atoms. The summed E-state index contributed by atoms with van der Waals surface area (Å²) in [5, 5.41) is 1.09. The Morgan fingerprint density at radius 1 is 1.25 bits per heavy atom. The van der Waals surface area contributed by atoms with Gasteiger partial charge < -0.3 is 14.6 Å². The number of piperazine rings is 1. The Labute approximate surface area is 142 Å². The third-order valence-electron chi connectivity index (χ3n) is 5.31. The van der Waals surface area contributed by atoms with Gasteiger partial charge in [-0.2, -0.15) is 0 Å². The first kappa shape index (κ1) is 15.7. The summed E-state index contributed by atoms with van der Waals surface area (Å²) in [6, 6.07) is 9.97. The Morgan fingerprint density at radius 3 is 2.67 bits per heavy atom. The van der Waals surface area contributed by atoms with Gasteiger partial charge in [0.15, 0.2) is 0 Å². The van der Waals surface area contributed by atoms with Gasteiger partial charge in [-0.05, 0) is 30.9 Å². The van der Waals surface area contributed by atoms with Gasteiger partial charge in [0.25, 0.3) is 5.91 Å². The number of methoxy groups -OCH3 is 1. The van der Waals surface area contributed by atoms with Gasteiger partial charge in [-0.25, -0.2) is 0 Å². The highest BCUT2D eigenvalue weighted by Crippen LogP contribution is 2.34. The van der Waals surface area contributed by atoms with E-state index in [1.165, 1.54) is 12.8 Å². The first-order valence-corrected chi connectivity index (χ1v) is 8.87. The van der Waals surface area contributed by atoms with Gasteiger partial charge in [0.2, 0.25) is 0 Å². The van der Waals surface area contributed by atoms with Crippen molar-refractivity contribution in [1.82, 2.24) is 14.8 Å². The molecule has 0 spiro atoms. The minimum atomic E-state index is 0.108. The van der Waals surface area contributed by atoms with Crippen LogP contribution in [0.4, 0.5) is 0 Å². The van der Waals surface area contributed by atoms with E-state index in [9.17, 15) is 4.79 Å². The fourth-order valence-corrected chi connectivity index (χ4v) is 3.63. The standard InChI is InChI=1S/C19H25N3O2/c1-24-18(14-6-7-14)13-21-8-10-22(11-9-21)19(23)17-12-15-4-2-3-5-16(15)20-17/h2-5,12,14,18,20H,6-11,13H2,1H3. The summed E-state index contributed by atoms with van der Waals surface area (Å²) in [6.45, 7) is 4.43. The zero-order chi connectivity index (χ0) is 16.5. The molecule has 2 aliphatic rings. The molecule has 1 aromatic heterocycles. The molecule has 2 fully saturated rings. The van der Waals surface area contributed by atoms with Crippen molar-refractivity contribution in [2.45, 2.75) is 18.9 Å². The number of amides is 1. The van der Waals surface area contributed by atoms with Crippen molar-refractivity contribution >= 4 is 16.8 Å². The number of benzene rings is 1. The van der Waals surface area contributed by atoms with Crippen LogP contribution in [0.25, 0.3) is 10.9 Å². The topological polar surface area (TPSA) is 48.6 Å². The molecule has 0 radical (unpaired) electrons. The largest absolute Gasteiger partial charge is 0.380 e. The number of H-pyrrole nitrogens is 1. The lowest BCUT2D eigenvalue weighted by Crippen LogP contribution is -2.50. The summed E-state index contributed by atoms with van der Waals surface area (Å²) >= 11 is 0. The average Bonchev–Trinajstić information content (AvgIpc) is 3.37.